The van der Waals surface area contributed by atoms with E-state index in [1.807, 2.05) is 18.5 Å². The largest absolute Gasteiger partial charge is 0.467 e. The summed E-state index contributed by atoms with van der Waals surface area (Å²) in [7, 11) is 0. The minimum Gasteiger partial charge on any atom is -0.467 e. The van der Waals surface area contributed by atoms with Gasteiger partial charge in [-0.1, -0.05) is 49.1 Å². The van der Waals surface area contributed by atoms with Gasteiger partial charge in [0.15, 0.2) is 11.5 Å². The molecule has 1 aromatic carbocycles. The van der Waals surface area contributed by atoms with Gasteiger partial charge in [0.25, 0.3) is 5.91 Å². The first kappa shape index (κ1) is 20.4. The van der Waals surface area contributed by atoms with Crippen molar-refractivity contribution in [2.45, 2.75) is 51.6 Å². The first-order chi connectivity index (χ1) is 15.7. The molecule has 1 aliphatic carbocycles. The summed E-state index contributed by atoms with van der Waals surface area (Å²) in [5.41, 5.74) is 4.06. The van der Waals surface area contributed by atoms with Crippen LogP contribution < -0.4 is 5.32 Å². The van der Waals surface area contributed by atoms with Crippen molar-refractivity contribution in [1.29, 1.82) is 0 Å². The molecule has 3 aromatic heterocycles. The van der Waals surface area contributed by atoms with Crippen LogP contribution in [0.2, 0.25) is 0 Å². The monoisotopic (exact) mass is 429 g/mol. The molecule has 1 aliphatic rings. The summed E-state index contributed by atoms with van der Waals surface area (Å²) in [5.74, 6) is 1.36. The normalized spacial score (nSPS) is 14.5. The van der Waals surface area contributed by atoms with Crippen molar-refractivity contribution in [3.05, 3.63) is 78.2 Å². The summed E-state index contributed by atoms with van der Waals surface area (Å²) >= 11 is 0. The number of nitrogens with zero attached hydrogens (tertiary/aromatic N) is 2. The van der Waals surface area contributed by atoms with E-state index < -0.39 is 0 Å². The predicted octanol–water partition coefficient (Wildman–Crippen LogP) is 6.15. The van der Waals surface area contributed by atoms with Crippen molar-refractivity contribution >= 4 is 5.91 Å². The van der Waals surface area contributed by atoms with E-state index in [-0.39, 0.29) is 11.7 Å². The highest BCUT2D eigenvalue weighted by Gasteiger charge is 2.25. The third-order valence-electron chi connectivity index (χ3n) is 6.15. The van der Waals surface area contributed by atoms with E-state index in [4.69, 9.17) is 13.8 Å². The molecule has 32 heavy (non-hydrogen) atoms. The zero-order valence-electron chi connectivity index (χ0n) is 18.2. The fourth-order valence-electron chi connectivity index (χ4n) is 4.42. The average molecular weight is 430 g/mol. The maximum absolute atomic E-state index is 12.6. The molecule has 1 saturated carbocycles. The van der Waals surface area contributed by atoms with Crippen LogP contribution >= 0.6 is 0 Å². The Kier molecular flexibility index (Phi) is 5.67. The van der Waals surface area contributed by atoms with Gasteiger partial charge in [-0.05, 0) is 44.0 Å². The van der Waals surface area contributed by atoms with Crippen LogP contribution in [0.3, 0.4) is 0 Å². The summed E-state index contributed by atoms with van der Waals surface area (Å²) in [6, 6.07) is 16.0. The van der Waals surface area contributed by atoms with Crippen molar-refractivity contribution in [3.63, 3.8) is 0 Å². The number of carbonyl (C=O) groups excluding carboxylic acids is 1. The highest BCUT2D eigenvalue weighted by Crippen LogP contribution is 2.38. The number of amides is 1. The number of imidazole rings is 1. The van der Waals surface area contributed by atoms with E-state index >= 15 is 0 Å². The SMILES string of the molecule is Cc1ccc(-c2ncn(C3CCCCC3)c2-c2ccc(C(=O)NCc3ccco3)o2)cc1. The number of rotatable bonds is 6. The Hall–Kier alpha value is -3.54. The van der Waals surface area contributed by atoms with Gasteiger partial charge in [0, 0.05) is 11.6 Å². The van der Waals surface area contributed by atoms with Gasteiger partial charge < -0.3 is 18.7 Å². The first-order valence-corrected chi connectivity index (χ1v) is 11.2. The van der Waals surface area contributed by atoms with Gasteiger partial charge in [0.05, 0.1) is 24.8 Å². The molecule has 6 nitrogen and oxygen atoms in total. The van der Waals surface area contributed by atoms with Crippen molar-refractivity contribution < 1.29 is 13.6 Å². The predicted molar refractivity (Wildman–Crippen MR) is 122 cm³/mol. The van der Waals surface area contributed by atoms with Gasteiger partial charge in [-0.15, -0.1) is 0 Å². The lowest BCUT2D eigenvalue weighted by molar-refractivity contribution is 0.0921. The van der Waals surface area contributed by atoms with Gasteiger partial charge in [-0.2, -0.15) is 0 Å². The molecule has 164 valence electrons. The fraction of sp³-hybridized carbons (Fsp3) is 0.308. The van der Waals surface area contributed by atoms with E-state index in [0.717, 1.165) is 29.8 Å². The highest BCUT2D eigenvalue weighted by atomic mass is 16.4. The summed E-state index contributed by atoms with van der Waals surface area (Å²) in [6.07, 6.45) is 9.51. The van der Waals surface area contributed by atoms with Crippen molar-refractivity contribution in [3.8, 4) is 22.7 Å². The number of furan rings is 2. The molecule has 1 N–H and O–H groups in total. The molecule has 1 fully saturated rings. The molecule has 3 heterocycles. The molecule has 0 spiro atoms. The summed E-state index contributed by atoms with van der Waals surface area (Å²) in [5, 5.41) is 2.84. The zero-order chi connectivity index (χ0) is 21.9. The molecule has 0 atom stereocenters. The number of aromatic nitrogens is 2. The van der Waals surface area contributed by atoms with Crippen molar-refractivity contribution in [1.82, 2.24) is 14.9 Å². The van der Waals surface area contributed by atoms with Gasteiger partial charge in [-0.3, -0.25) is 4.79 Å². The van der Waals surface area contributed by atoms with Crippen LogP contribution in [0, 0.1) is 6.92 Å². The first-order valence-electron chi connectivity index (χ1n) is 11.2. The maximum atomic E-state index is 12.6. The molecule has 0 saturated heterocycles. The topological polar surface area (TPSA) is 73.2 Å². The van der Waals surface area contributed by atoms with E-state index in [1.165, 1.54) is 24.8 Å². The van der Waals surface area contributed by atoms with Gasteiger partial charge in [0.2, 0.25) is 0 Å². The quantitative estimate of drug-likeness (QED) is 0.399. The molecule has 4 aromatic rings. The molecule has 0 unspecified atom stereocenters. The highest BCUT2D eigenvalue weighted by molar-refractivity contribution is 5.92. The van der Waals surface area contributed by atoms with E-state index in [0.29, 0.717) is 24.1 Å². The number of hydrogen-bond acceptors (Lipinski definition) is 4. The number of benzene rings is 1. The Labute approximate surface area is 187 Å². The third-order valence-corrected chi connectivity index (χ3v) is 6.15. The smallest absolute Gasteiger partial charge is 0.287 e. The average Bonchev–Trinajstić information content (AvgIpc) is 3.59. The molecule has 0 radical (unpaired) electrons. The summed E-state index contributed by atoms with van der Waals surface area (Å²) in [4.78, 5) is 17.4. The van der Waals surface area contributed by atoms with Crippen molar-refractivity contribution in [2.24, 2.45) is 0 Å². The molecular formula is C26H27N3O3. The Morgan fingerprint density at radius 1 is 1.09 bits per heavy atom. The minimum atomic E-state index is -0.270. The molecular weight excluding hydrogens is 402 g/mol. The van der Waals surface area contributed by atoms with Crippen LogP contribution in [0.4, 0.5) is 0 Å². The second kappa shape index (κ2) is 8.91. The Morgan fingerprint density at radius 3 is 2.66 bits per heavy atom. The molecule has 6 heteroatoms. The number of nitrogens with one attached hydrogen (secondary N) is 1. The van der Waals surface area contributed by atoms with Crippen LogP contribution in [0.5, 0.6) is 0 Å². The van der Waals surface area contributed by atoms with Crippen LogP contribution in [-0.4, -0.2) is 15.5 Å². The van der Waals surface area contributed by atoms with Crippen molar-refractivity contribution in [2.75, 3.05) is 0 Å². The van der Waals surface area contributed by atoms with Gasteiger partial charge >= 0.3 is 0 Å². The lowest BCUT2D eigenvalue weighted by Crippen LogP contribution is -2.21. The fourth-order valence-corrected chi connectivity index (χ4v) is 4.42. The maximum Gasteiger partial charge on any atom is 0.287 e. The summed E-state index contributed by atoms with van der Waals surface area (Å²) in [6.45, 7) is 2.39. The van der Waals surface area contributed by atoms with Gasteiger partial charge in [-0.25, -0.2) is 4.98 Å². The number of hydrogen-bond donors (Lipinski definition) is 1. The Bertz CT molecular complexity index is 1180. The lowest BCUT2D eigenvalue weighted by atomic mass is 9.95. The molecule has 0 bridgehead atoms. The third kappa shape index (κ3) is 4.13. The van der Waals surface area contributed by atoms with Crippen LogP contribution in [0.15, 0.2) is 70.0 Å². The second-order valence-electron chi connectivity index (χ2n) is 8.43. The number of carbonyl (C=O) groups is 1. The van der Waals surface area contributed by atoms with Gasteiger partial charge in [0.1, 0.15) is 11.5 Å². The standard InChI is InChI=1S/C26H27N3O3/c1-18-9-11-19(12-10-18)24-25(29(17-28-24)20-6-3-2-4-7-20)22-13-14-23(32-22)26(30)27-16-21-8-5-15-31-21/h5,8-15,17,20H,2-4,6-7,16H2,1H3,(H,27,30). The molecule has 5 rings (SSSR count). The minimum absolute atomic E-state index is 0.270. The Balaban J connectivity index is 1.47. The molecule has 0 aliphatic heterocycles. The van der Waals surface area contributed by atoms with Crippen LogP contribution in [0.1, 0.15) is 60.0 Å². The molecule has 1 amide bonds. The second-order valence-corrected chi connectivity index (χ2v) is 8.43. The van der Waals surface area contributed by atoms with Crippen LogP contribution in [0.25, 0.3) is 22.7 Å². The Morgan fingerprint density at radius 2 is 1.91 bits per heavy atom. The van der Waals surface area contributed by atoms with Crippen LogP contribution in [-0.2, 0) is 6.54 Å². The summed E-state index contributed by atoms with van der Waals surface area (Å²) < 4.78 is 13.6. The van der Waals surface area contributed by atoms with E-state index in [1.54, 1.807) is 18.4 Å². The lowest BCUT2D eigenvalue weighted by Gasteiger charge is -2.24. The number of aryl methyl sites for hydroxylation is 1. The van der Waals surface area contributed by atoms with E-state index in [2.05, 4.69) is 41.1 Å². The zero-order valence-corrected chi connectivity index (χ0v) is 18.2. The van der Waals surface area contributed by atoms with E-state index in [9.17, 15) is 4.79 Å².